The summed E-state index contributed by atoms with van der Waals surface area (Å²) in [5.41, 5.74) is -1.08. The van der Waals surface area contributed by atoms with Crippen molar-refractivity contribution in [2.45, 2.75) is 25.7 Å². The Labute approximate surface area is 174 Å². The molecule has 8 heteroatoms. The van der Waals surface area contributed by atoms with E-state index < -0.39 is 34.7 Å². The van der Waals surface area contributed by atoms with Crippen LogP contribution in [0.1, 0.15) is 23.1 Å². The molecule has 0 aromatic heterocycles. The molecule has 0 heterocycles. The lowest BCUT2D eigenvalue weighted by atomic mass is 9.78. The Bertz CT molecular complexity index is 876. The van der Waals surface area contributed by atoms with Crippen molar-refractivity contribution in [2.75, 3.05) is 28.4 Å². The van der Waals surface area contributed by atoms with Crippen LogP contribution >= 0.6 is 0 Å². The molecule has 1 aromatic rings. The molecule has 0 bridgehead atoms. The van der Waals surface area contributed by atoms with Crippen molar-refractivity contribution in [1.82, 2.24) is 0 Å². The molecule has 0 saturated heterocycles. The highest BCUT2D eigenvalue weighted by Crippen LogP contribution is 2.40. The molecule has 0 saturated carbocycles. The first kappa shape index (κ1) is 22.9. The average Bonchev–Trinajstić information content (AvgIpc) is 3.16. The minimum Gasteiger partial charge on any atom is -0.468 e. The van der Waals surface area contributed by atoms with Crippen LogP contribution in [0, 0.1) is 23.2 Å². The van der Waals surface area contributed by atoms with Crippen molar-refractivity contribution in [3.05, 3.63) is 34.9 Å². The van der Waals surface area contributed by atoms with Gasteiger partial charge in [0.1, 0.15) is 0 Å². The molecule has 0 N–H and O–H groups in total. The molecule has 1 aliphatic carbocycles. The number of fused-ring (bicyclic) bond motifs is 1. The molecule has 160 valence electrons. The highest BCUT2D eigenvalue weighted by molar-refractivity contribution is 6.02. The van der Waals surface area contributed by atoms with E-state index in [0.29, 0.717) is 11.1 Å². The minimum atomic E-state index is -1.70. The fourth-order valence-corrected chi connectivity index (χ4v) is 3.95. The molecule has 2 rings (SSSR count). The van der Waals surface area contributed by atoms with Crippen LogP contribution in [0.15, 0.2) is 18.2 Å². The summed E-state index contributed by atoms with van der Waals surface area (Å²) in [5.74, 6) is -0.619. The lowest BCUT2D eigenvalue weighted by molar-refractivity contribution is -0.170. The maximum absolute atomic E-state index is 12.5. The Balaban J connectivity index is 2.46. The second-order valence-electron chi connectivity index (χ2n) is 7.14. The Kier molecular flexibility index (Phi) is 6.88. The van der Waals surface area contributed by atoms with E-state index in [-0.39, 0.29) is 25.7 Å². The Morgan fingerprint density at radius 3 is 1.93 bits per heavy atom. The quantitative estimate of drug-likeness (QED) is 0.281. The van der Waals surface area contributed by atoms with E-state index in [0.717, 1.165) is 5.56 Å². The van der Waals surface area contributed by atoms with Gasteiger partial charge in [-0.05, 0) is 29.5 Å². The standard InChI is InChI=1S/C22H24O8/c1-6-9-21(17(23)27-2,18(24)28-3)11-14-7-8-15-12-22(19(25)29-4,20(26)30-5)13-16(15)10-14/h1,7-8,10H,9,11-13H2,2-5H3. The molecule has 0 aliphatic heterocycles. The van der Waals surface area contributed by atoms with Gasteiger partial charge in [0.25, 0.3) is 0 Å². The van der Waals surface area contributed by atoms with E-state index in [2.05, 4.69) is 5.92 Å². The van der Waals surface area contributed by atoms with Crippen LogP contribution < -0.4 is 0 Å². The number of methoxy groups -OCH3 is 4. The number of carbonyl (C=O) groups is 4. The van der Waals surface area contributed by atoms with Gasteiger partial charge >= 0.3 is 23.9 Å². The fraction of sp³-hybridized carbons (Fsp3) is 0.455. The number of ether oxygens (including phenoxy) is 4. The van der Waals surface area contributed by atoms with Crippen molar-refractivity contribution in [2.24, 2.45) is 10.8 Å². The monoisotopic (exact) mass is 416 g/mol. The average molecular weight is 416 g/mol. The summed E-state index contributed by atoms with van der Waals surface area (Å²) in [6.07, 6.45) is 5.34. The zero-order valence-corrected chi connectivity index (χ0v) is 17.4. The highest BCUT2D eigenvalue weighted by Gasteiger charge is 2.53. The van der Waals surface area contributed by atoms with Gasteiger partial charge in [-0.1, -0.05) is 18.2 Å². The summed E-state index contributed by atoms with van der Waals surface area (Å²) in [5, 5.41) is 0. The minimum absolute atomic E-state index is 0.0622. The zero-order chi connectivity index (χ0) is 22.5. The first-order valence-corrected chi connectivity index (χ1v) is 9.12. The molecule has 8 nitrogen and oxygen atoms in total. The van der Waals surface area contributed by atoms with Crippen molar-refractivity contribution in [3.63, 3.8) is 0 Å². The predicted molar refractivity (Wildman–Crippen MR) is 104 cm³/mol. The molecule has 0 atom stereocenters. The van der Waals surface area contributed by atoms with Gasteiger partial charge in [0.15, 0.2) is 10.8 Å². The third-order valence-corrected chi connectivity index (χ3v) is 5.47. The highest BCUT2D eigenvalue weighted by atomic mass is 16.6. The molecule has 1 aromatic carbocycles. The van der Waals surface area contributed by atoms with Gasteiger partial charge in [0.05, 0.1) is 28.4 Å². The Morgan fingerprint density at radius 1 is 0.933 bits per heavy atom. The maximum atomic E-state index is 12.5. The van der Waals surface area contributed by atoms with Gasteiger partial charge < -0.3 is 18.9 Å². The molecule has 0 spiro atoms. The molecule has 0 fully saturated rings. The molecular formula is C22H24O8. The third kappa shape index (κ3) is 3.75. The first-order valence-electron chi connectivity index (χ1n) is 9.12. The lowest BCUT2D eigenvalue weighted by Crippen LogP contribution is -2.43. The Morgan fingerprint density at radius 2 is 1.47 bits per heavy atom. The van der Waals surface area contributed by atoms with Crippen molar-refractivity contribution < 1.29 is 38.1 Å². The number of hydrogen-bond donors (Lipinski definition) is 0. The summed E-state index contributed by atoms with van der Waals surface area (Å²) in [7, 11) is 4.76. The molecule has 1 aliphatic rings. The molecule has 0 radical (unpaired) electrons. The van der Waals surface area contributed by atoms with Gasteiger partial charge in [-0.2, -0.15) is 0 Å². The maximum Gasteiger partial charge on any atom is 0.324 e. The van der Waals surface area contributed by atoms with Gasteiger partial charge in [-0.3, -0.25) is 19.2 Å². The van der Waals surface area contributed by atoms with Crippen LogP contribution in [0.25, 0.3) is 0 Å². The zero-order valence-electron chi connectivity index (χ0n) is 17.4. The number of hydrogen-bond acceptors (Lipinski definition) is 8. The smallest absolute Gasteiger partial charge is 0.324 e. The van der Waals surface area contributed by atoms with Crippen LogP contribution in [0.2, 0.25) is 0 Å². The predicted octanol–water partition coefficient (Wildman–Crippen LogP) is 1.02. The normalized spacial score (nSPS) is 14.1. The summed E-state index contributed by atoms with van der Waals surface area (Å²) in [6, 6.07) is 5.19. The van der Waals surface area contributed by atoms with Crippen LogP contribution in [0.4, 0.5) is 0 Å². The van der Waals surface area contributed by atoms with E-state index in [1.807, 2.05) is 0 Å². The Hall–Kier alpha value is -3.34. The fourth-order valence-electron chi connectivity index (χ4n) is 3.95. The first-order chi connectivity index (χ1) is 14.2. The number of carbonyl (C=O) groups excluding carboxylic acids is 4. The number of terminal acetylenes is 1. The van der Waals surface area contributed by atoms with Crippen LogP contribution in [-0.4, -0.2) is 52.3 Å². The number of benzene rings is 1. The van der Waals surface area contributed by atoms with E-state index in [1.54, 1.807) is 18.2 Å². The van der Waals surface area contributed by atoms with Gasteiger partial charge in [0, 0.05) is 12.8 Å². The third-order valence-electron chi connectivity index (χ3n) is 5.47. The second kappa shape index (κ2) is 8.99. The van der Waals surface area contributed by atoms with Crippen molar-refractivity contribution in [3.8, 4) is 12.3 Å². The van der Waals surface area contributed by atoms with E-state index in [1.165, 1.54) is 28.4 Å². The molecule has 0 unspecified atom stereocenters. The molecule has 0 amide bonds. The van der Waals surface area contributed by atoms with Gasteiger partial charge in [-0.15, -0.1) is 12.3 Å². The van der Waals surface area contributed by atoms with E-state index in [4.69, 9.17) is 25.4 Å². The van der Waals surface area contributed by atoms with Crippen LogP contribution in [0.5, 0.6) is 0 Å². The second-order valence-corrected chi connectivity index (χ2v) is 7.14. The molecule has 30 heavy (non-hydrogen) atoms. The number of esters is 4. The summed E-state index contributed by atoms with van der Waals surface area (Å²) >= 11 is 0. The van der Waals surface area contributed by atoms with E-state index >= 15 is 0 Å². The van der Waals surface area contributed by atoms with Crippen LogP contribution in [0.3, 0.4) is 0 Å². The lowest BCUT2D eigenvalue weighted by Gasteiger charge is -2.26. The van der Waals surface area contributed by atoms with E-state index in [9.17, 15) is 19.2 Å². The van der Waals surface area contributed by atoms with Crippen molar-refractivity contribution in [1.29, 1.82) is 0 Å². The molecular weight excluding hydrogens is 392 g/mol. The van der Waals surface area contributed by atoms with Crippen molar-refractivity contribution >= 4 is 23.9 Å². The summed E-state index contributed by atoms with van der Waals surface area (Å²) in [6.45, 7) is 0. The van der Waals surface area contributed by atoms with Gasteiger partial charge in [-0.25, -0.2) is 0 Å². The SMILES string of the molecule is C#CCC(Cc1ccc2c(c1)CC(C(=O)OC)(C(=O)OC)C2)(C(=O)OC)C(=O)OC. The summed E-state index contributed by atoms with van der Waals surface area (Å²) < 4.78 is 19.3. The topological polar surface area (TPSA) is 105 Å². The van der Waals surface area contributed by atoms with Gasteiger partial charge in [0.2, 0.25) is 0 Å². The largest absolute Gasteiger partial charge is 0.468 e. The number of rotatable bonds is 7. The van der Waals surface area contributed by atoms with Crippen LogP contribution in [-0.2, 0) is 57.4 Å². The summed E-state index contributed by atoms with van der Waals surface area (Å²) in [4.78, 5) is 49.7.